The maximum atomic E-state index is 12.0. The molecule has 0 aliphatic heterocycles. The molecule has 20 heavy (non-hydrogen) atoms. The van der Waals surface area contributed by atoms with Crippen molar-refractivity contribution in [3.63, 3.8) is 0 Å². The fourth-order valence-corrected chi connectivity index (χ4v) is 1.57. The average molecular weight is 289 g/mol. The Morgan fingerprint density at radius 2 is 1.70 bits per heavy atom. The second-order valence-corrected chi connectivity index (χ2v) is 4.50. The normalized spacial score (nSPS) is 12.2. The standard InChI is InChI=1S/C13H16F3NO.C2H6/c1-9-3-5-11(6-4-9)7-10(2)8-17-12(18)13(14,15)16;1-2/h3-6,10H,7-8H2,1-2H3,(H,17,18);1-2H3. The van der Waals surface area contributed by atoms with Crippen LogP contribution in [-0.2, 0) is 11.2 Å². The number of amides is 1. The van der Waals surface area contributed by atoms with E-state index in [1.807, 2.05) is 50.4 Å². The van der Waals surface area contributed by atoms with E-state index in [-0.39, 0.29) is 12.5 Å². The molecule has 1 aromatic rings. The highest BCUT2D eigenvalue weighted by Crippen LogP contribution is 2.15. The van der Waals surface area contributed by atoms with E-state index < -0.39 is 12.1 Å². The molecule has 0 heterocycles. The summed E-state index contributed by atoms with van der Waals surface area (Å²) in [6, 6.07) is 7.79. The molecule has 0 bridgehead atoms. The minimum Gasteiger partial charge on any atom is -0.348 e. The summed E-state index contributed by atoms with van der Waals surface area (Å²) in [5.41, 5.74) is 2.19. The van der Waals surface area contributed by atoms with Crippen molar-refractivity contribution in [1.29, 1.82) is 0 Å². The molecule has 0 aliphatic carbocycles. The van der Waals surface area contributed by atoms with Crippen molar-refractivity contribution in [1.82, 2.24) is 5.32 Å². The zero-order chi connectivity index (χ0) is 15.8. The van der Waals surface area contributed by atoms with Gasteiger partial charge in [-0.05, 0) is 24.8 Å². The Labute approximate surface area is 118 Å². The number of benzene rings is 1. The molecule has 1 atom stereocenters. The topological polar surface area (TPSA) is 29.1 Å². The molecule has 0 fully saturated rings. The number of alkyl halides is 3. The molecule has 0 spiro atoms. The summed E-state index contributed by atoms with van der Waals surface area (Å²) in [7, 11) is 0. The molecule has 0 saturated heterocycles. The number of carbonyl (C=O) groups is 1. The molecule has 1 rings (SSSR count). The zero-order valence-electron chi connectivity index (χ0n) is 12.3. The van der Waals surface area contributed by atoms with Gasteiger partial charge in [0.1, 0.15) is 0 Å². The zero-order valence-corrected chi connectivity index (χ0v) is 12.3. The van der Waals surface area contributed by atoms with Gasteiger partial charge in [-0.2, -0.15) is 13.2 Å². The summed E-state index contributed by atoms with van der Waals surface area (Å²) in [6.45, 7) is 7.79. The van der Waals surface area contributed by atoms with Crippen LogP contribution in [0.15, 0.2) is 24.3 Å². The van der Waals surface area contributed by atoms with Gasteiger partial charge in [-0.15, -0.1) is 0 Å². The van der Waals surface area contributed by atoms with Crippen LogP contribution in [0.25, 0.3) is 0 Å². The van der Waals surface area contributed by atoms with E-state index in [4.69, 9.17) is 0 Å². The predicted molar refractivity (Wildman–Crippen MR) is 74.5 cm³/mol. The van der Waals surface area contributed by atoms with Gasteiger partial charge in [0.05, 0.1) is 0 Å². The SMILES string of the molecule is CC.Cc1ccc(CC(C)CNC(=O)C(F)(F)F)cc1. The van der Waals surface area contributed by atoms with E-state index in [2.05, 4.69) is 0 Å². The summed E-state index contributed by atoms with van der Waals surface area (Å²) in [4.78, 5) is 10.6. The fourth-order valence-electron chi connectivity index (χ4n) is 1.57. The van der Waals surface area contributed by atoms with Gasteiger partial charge in [0.2, 0.25) is 0 Å². The third kappa shape index (κ3) is 7.16. The first-order valence-electron chi connectivity index (χ1n) is 6.69. The first-order chi connectivity index (χ1) is 9.29. The highest BCUT2D eigenvalue weighted by Gasteiger charge is 2.38. The number of rotatable bonds is 4. The Morgan fingerprint density at radius 3 is 2.15 bits per heavy atom. The molecule has 1 N–H and O–H groups in total. The monoisotopic (exact) mass is 289 g/mol. The number of nitrogens with one attached hydrogen (secondary N) is 1. The van der Waals surface area contributed by atoms with Crippen LogP contribution < -0.4 is 5.32 Å². The molecule has 5 heteroatoms. The molecular weight excluding hydrogens is 267 g/mol. The van der Waals surface area contributed by atoms with Gasteiger partial charge in [0, 0.05) is 6.54 Å². The van der Waals surface area contributed by atoms with Crippen LogP contribution in [0.5, 0.6) is 0 Å². The smallest absolute Gasteiger partial charge is 0.348 e. The second-order valence-electron chi connectivity index (χ2n) is 4.50. The van der Waals surface area contributed by atoms with Crippen molar-refractivity contribution in [2.75, 3.05) is 6.54 Å². The van der Waals surface area contributed by atoms with Crippen LogP contribution in [0, 0.1) is 12.8 Å². The van der Waals surface area contributed by atoms with Gasteiger partial charge in [-0.25, -0.2) is 0 Å². The predicted octanol–water partition coefficient (Wildman–Crippen LogP) is 3.88. The molecule has 1 unspecified atom stereocenters. The van der Waals surface area contributed by atoms with E-state index in [1.165, 1.54) is 0 Å². The number of carbonyl (C=O) groups excluding carboxylic acids is 1. The van der Waals surface area contributed by atoms with Crippen molar-refractivity contribution in [3.8, 4) is 0 Å². The van der Waals surface area contributed by atoms with Gasteiger partial charge in [-0.3, -0.25) is 4.79 Å². The third-order valence-electron chi connectivity index (χ3n) is 2.57. The van der Waals surface area contributed by atoms with Crippen LogP contribution in [-0.4, -0.2) is 18.6 Å². The first-order valence-corrected chi connectivity index (χ1v) is 6.69. The number of hydrogen-bond donors (Lipinski definition) is 1. The second kappa shape index (κ2) is 8.61. The summed E-state index contributed by atoms with van der Waals surface area (Å²) < 4.78 is 35.9. The Kier molecular flexibility index (Phi) is 7.96. The Hall–Kier alpha value is -1.52. The largest absolute Gasteiger partial charge is 0.471 e. The highest BCUT2D eigenvalue weighted by molar-refractivity contribution is 5.81. The van der Waals surface area contributed by atoms with Gasteiger partial charge < -0.3 is 5.32 Å². The molecule has 0 aliphatic rings. The Bertz CT molecular complexity index is 399. The highest BCUT2D eigenvalue weighted by atomic mass is 19.4. The Balaban J connectivity index is 0.00000172. The van der Waals surface area contributed by atoms with Crippen LogP contribution in [0.2, 0.25) is 0 Å². The molecule has 2 nitrogen and oxygen atoms in total. The first kappa shape index (κ1) is 18.5. The lowest BCUT2D eigenvalue weighted by Gasteiger charge is -2.14. The maximum absolute atomic E-state index is 12.0. The Morgan fingerprint density at radius 1 is 1.20 bits per heavy atom. The minimum atomic E-state index is -4.80. The van der Waals surface area contributed by atoms with Crippen molar-refractivity contribution < 1.29 is 18.0 Å². The van der Waals surface area contributed by atoms with Crippen LogP contribution in [0.1, 0.15) is 31.9 Å². The van der Waals surface area contributed by atoms with Crippen molar-refractivity contribution in [2.24, 2.45) is 5.92 Å². The van der Waals surface area contributed by atoms with Crippen molar-refractivity contribution >= 4 is 5.91 Å². The summed E-state index contributed by atoms with van der Waals surface area (Å²) in [5, 5.41) is 1.89. The molecular formula is C15H22F3NO. The van der Waals surface area contributed by atoms with Gasteiger partial charge >= 0.3 is 12.1 Å². The molecule has 1 amide bonds. The van der Waals surface area contributed by atoms with Crippen molar-refractivity contribution in [2.45, 2.75) is 40.3 Å². The lowest BCUT2D eigenvalue weighted by molar-refractivity contribution is -0.173. The lowest BCUT2D eigenvalue weighted by Crippen LogP contribution is -2.39. The summed E-state index contributed by atoms with van der Waals surface area (Å²) >= 11 is 0. The van der Waals surface area contributed by atoms with Crippen LogP contribution >= 0.6 is 0 Å². The average Bonchev–Trinajstić information content (AvgIpc) is 2.40. The lowest BCUT2D eigenvalue weighted by atomic mass is 10.0. The fraction of sp³-hybridized carbons (Fsp3) is 0.533. The third-order valence-corrected chi connectivity index (χ3v) is 2.57. The molecule has 0 saturated carbocycles. The van der Waals surface area contributed by atoms with E-state index in [0.29, 0.717) is 6.42 Å². The molecule has 0 aromatic heterocycles. The summed E-state index contributed by atoms with van der Waals surface area (Å²) in [6.07, 6.45) is -4.16. The van der Waals surface area contributed by atoms with Gasteiger partial charge in [0.15, 0.2) is 0 Å². The maximum Gasteiger partial charge on any atom is 0.471 e. The van der Waals surface area contributed by atoms with E-state index in [0.717, 1.165) is 11.1 Å². The van der Waals surface area contributed by atoms with Gasteiger partial charge in [0.25, 0.3) is 0 Å². The number of hydrogen-bond acceptors (Lipinski definition) is 1. The molecule has 1 aromatic carbocycles. The van der Waals surface area contributed by atoms with Crippen LogP contribution in [0.3, 0.4) is 0 Å². The molecule has 0 radical (unpaired) electrons. The minimum absolute atomic E-state index is 0.0201. The van der Waals surface area contributed by atoms with E-state index in [1.54, 1.807) is 6.92 Å². The van der Waals surface area contributed by atoms with E-state index >= 15 is 0 Å². The van der Waals surface area contributed by atoms with Gasteiger partial charge in [-0.1, -0.05) is 50.6 Å². The van der Waals surface area contributed by atoms with Crippen LogP contribution in [0.4, 0.5) is 13.2 Å². The molecule has 114 valence electrons. The number of aryl methyl sites for hydroxylation is 1. The summed E-state index contributed by atoms with van der Waals surface area (Å²) in [5.74, 6) is -1.92. The quantitative estimate of drug-likeness (QED) is 0.895. The van der Waals surface area contributed by atoms with Crippen molar-refractivity contribution in [3.05, 3.63) is 35.4 Å². The van der Waals surface area contributed by atoms with E-state index in [9.17, 15) is 18.0 Å². The number of halogens is 3.